The minimum Gasteiger partial charge on any atom is -0.489 e. The molecule has 0 aromatic heterocycles. The Morgan fingerprint density at radius 1 is 1.33 bits per heavy atom. The molecule has 66 valence electrons. The Labute approximate surface area is 78.3 Å². The Hall–Kier alpha value is -0.690. The van der Waals surface area contributed by atoms with Crippen molar-refractivity contribution in [1.29, 1.82) is 0 Å². The minimum absolute atomic E-state index is 0.171. The molecule has 0 saturated heterocycles. The standard InChI is InChI=1S/C10H13ClO/c1-7(2)12-9-6-4-5-8(3)10(9)11/h4-7H,1-3H3. The molecule has 0 atom stereocenters. The molecule has 0 saturated carbocycles. The first-order valence-electron chi connectivity index (χ1n) is 4.03. The lowest BCUT2D eigenvalue weighted by Gasteiger charge is -2.11. The zero-order chi connectivity index (χ0) is 9.14. The predicted octanol–water partition coefficient (Wildman–Crippen LogP) is 3.44. The van der Waals surface area contributed by atoms with Gasteiger partial charge in [-0.3, -0.25) is 0 Å². The van der Waals surface area contributed by atoms with Crippen molar-refractivity contribution in [3.63, 3.8) is 0 Å². The minimum atomic E-state index is 0.171. The lowest BCUT2D eigenvalue weighted by molar-refractivity contribution is 0.242. The van der Waals surface area contributed by atoms with Crippen molar-refractivity contribution in [3.05, 3.63) is 28.8 Å². The van der Waals surface area contributed by atoms with Gasteiger partial charge in [0.25, 0.3) is 0 Å². The predicted molar refractivity (Wildman–Crippen MR) is 52.0 cm³/mol. The zero-order valence-electron chi connectivity index (χ0n) is 7.60. The number of benzene rings is 1. The monoisotopic (exact) mass is 184 g/mol. The summed E-state index contributed by atoms with van der Waals surface area (Å²) < 4.78 is 5.49. The van der Waals surface area contributed by atoms with Gasteiger partial charge in [0.2, 0.25) is 0 Å². The van der Waals surface area contributed by atoms with Crippen LogP contribution in [0.5, 0.6) is 5.75 Å². The highest BCUT2D eigenvalue weighted by atomic mass is 35.5. The smallest absolute Gasteiger partial charge is 0.138 e. The van der Waals surface area contributed by atoms with Crippen molar-refractivity contribution in [1.82, 2.24) is 0 Å². The Morgan fingerprint density at radius 2 is 2.00 bits per heavy atom. The maximum atomic E-state index is 6.01. The van der Waals surface area contributed by atoms with E-state index in [0.29, 0.717) is 5.02 Å². The van der Waals surface area contributed by atoms with Gasteiger partial charge in [0.15, 0.2) is 0 Å². The van der Waals surface area contributed by atoms with Crippen molar-refractivity contribution in [2.24, 2.45) is 0 Å². The molecule has 0 radical (unpaired) electrons. The van der Waals surface area contributed by atoms with Gasteiger partial charge in [0.1, 0.15) is 5.75 Å². The largest absolute Gasteiger partial charge is 0.489 e. The van der Waals surface area contributed by atoms with Crippen LogP contribution in [-0.4, -0.2) is 6.10 Å². The number of rotatable bonds is 2. The van der Waals surface area contributed by atoms with Crippen LogP contribution < -0.4 is 4.74 Å². The van der Waals surface area contributed by atoms with E-state index in [2.05, 4.69) is 0 Å². The van der Waals surface area contributed by atoms with E-state index in [0.717, 1.165) is 11.3 Å². The van der Waals surface area contributed by atoms with Crippen molar-refractivity contribution >= 4 is 11.6 Å². The topological polar surface area (TPSA) is 9.23 Å². The molecule has 2 heteroatoms. The average molecular weight is 185 g/mol. The Bertz CT molecular complexity index is 269. The van der Waals surface area contributed by atoms with E-state index in [1.807, 2.05) is 39.0 Å². The van der Waals surface area contributed by atoms with Crippen LogP contribution in [-0.2, 0) is 0 Å². The summed E-state index contributed by atoms with van der Waals surface area (Å²) in [7, 11) is 0. The van der Waals surface area contributed by atoms with Gasteiger partial charge >= 0.3 is 0 Å². The Kier molecular flexibility index (Phi) is 2.99. The fourth-order valence-corrected chi connectivity index (χ4v) is 1.14. The van der Waals surface area contributed by atoms with Gasteiger partial charge < -0.3 is 4.74 Å². The fourth-order valence-electron chi connectivity index (χ4n) is 0.965. The Balaban J connectivity index is 2.92. The van der Waals surface area contributed by atoms with Crippen LogP contribution in [0.15, 0.2) is 18.2 Å². The van der Waals surface area contributed by atoms with Gasteiger partial charge in [-0.25, -0.2) is 0 Å². The number of aryl methyl sites for hydroxylation is 1. The lowest BCUT2D eigenvalue weighted by atomic mass is 10.2. The van der Waals surface area contributed by atoms with E-state index in [1.165, 1.54) is 0 Å². The molecule has 0 aliphatic rings. The SMILES string of the molecule is Cc1cccc(OC(C)C)c1Cl. The Morgan fingerprint density at radius 3 is 2.58 bits per heavy atom. The number of ether oxygens (including phenoxy) is 1. The van der Waals surface area contributed by atoms with Crippen LogP contribution >= 0.6 is 11.6 Å². The number of hydrogen-bond acceptors (Lipinski definition) is 1. The quantitative estimate of drug-likeness (QED) is 0.684. The van der Waals surface area contributed by atoms with Crippen LogP contribution in [0.4, 0.5) is 0 Å². The molecule has 0 aliphatic carbocycles. The first-order valence-corrected chi connectivity index (χ1v) is 4.41. The first kappa shape index (κ1) is 9.40. The summed E-state index contributed by atoms with van der Waals surface area (Å²) in [5, 5.41) is 0.714. The second kappa shape index (κ2) is 3.81. The van der Waals surface area contributed by atoms with Gasteiger partial charge in [0, 0.05) is 0 Å². The number of hydrogen-bond donors (Lipinski definition) is 0. The molecule has 0 amide bonds. The molecule has 0 bridgehead atoms. The molecule has 1 aromatic carbocycles. The van der Waals surface area contributed by atoms with Crippen LogP contribution in [0.1, 0.15) is 19.4 Å². The molecule has 0 aliphatic heterocycles. The second-order valence-electron chi connectivity index (χ2n) is 3.05. The average Bonchev–Trinajstić information content (AvgIpc) is 1.98. The van der Waals surface area contributed by atoms with Gasteiger partial charge in [-0.05, 0) is 32.4 Å². The van der Waals surface area contributed by atoms with Crippen LogP contribution in [0.3, 0.4) is 0 Å². The van der Waals surface area contributed by atoms with Gasteiger partial charge in [0.05, 0.1) is 11.1 Å². The van der Waals surface area contributed by atoms with Crippen LogP contribution in [0, 0.1) is 6.92 Å². The molecule has 0 N–H and O–H groups in total. The molecule has 0 unspecified atom stereocenters. The summed E-state index contributed by atoms with van der Waals surface area (Å²) in [4.78, 5) is 0. The summed E-state index contributed by atoms with van der Waals surface area (Å²) in [6, 6.07) is 5.80. The highest BCUT2D eigenvalue weighted by molar-refractivity contribution is 6.32. The van der Waals surface area contributed by atoms with E-state index in [1.54, 1.807) is 0 Å². The van der Waals surface area contributed by atoms with E-state index in [-0.39, 0.29) is 6.10 Å². The third-order valence-corrected chi connectivity index (χ3v) is 2.00. The van der Waals surface area contributed by atoms with Gasteiger partial charge in [-0.2, -0.15) is 0 Å². The molecular formula is C10H13ClO. The maximum Gasteiger partial charge on any atom is 0.138 e. The third kappa shape index (κ3) is 2.15. The maximum absolute atomic E-state index is 6.01. The summed E-state index contributed by atoms with van der Waals surface area (Å²) in [5.74, 6) is 0.770. The molecule has 1 nitrogen and oxygen atoms in total. The van der Waals surface area contributed by atoms with Crippen LogP contribution in [0.25, 0.3) is 0 Å². The van der Waals surface area contributed by atoms with Crippen molar-refractivity contribution < 1.29 is 4.74 Å². The molecule has 0 heterocycles. The first-order chi connectivity index (χ1) is 5.61. The second-order valence-corrected chi connectivity index (χ2v) is 3.43. The summed E-state index contributed by atoms with van der Waals surface area (Å²) in [5.41, 5.74) is 1.05. The van der Waals surface area contributed by atoms with Gasteiger partial charge in [-0.1, -0.05) is 23.7 Å². The van der Waals surface area contributed by atoms with E-state index < -0.39 is 0 Å². The van der Waals surface area contributed by atoms with Crippen molar-refractivity contribution in [3.8, 4) is 5.75 Å². The van der Waals surface area contributed by atoms with E-state index in [4.69, 9.17) is 16.3 Å². The van der Waals surface area contributed by atoms with Gasteiger partial charge in [-0.15, -0.1) is 0 Å². The molecule has 1 rings (SSSR count). The fraction of sp³-hybridized carbons (Fsp3) is 0.400. The van der Waals surface area contributed by atoms with Crippen LogP contribution in [0.2, 0.25) is 5.02 Å². The van der Waals surface area contributed by atoms with Crippen molar-refractivity contribution in [2.75, 3.05) is 0 Å². The highest BCUT2D eigenvalue weighted by Crippen LogP contribution is 2.27. The zero-order valence-corrected chi connectivity index (χ0v) is 8.35. The lowest BCUT2D eigenvalue weighted by Crippen LogP contribution is -2.05. The number of halogens is 1. The molecule has 1 aromatic rings. The summed E-state index contributed by atoms with van der Waals surface area (Å²) >= 11 is 6.01. The highest BCUT2D eigenvalue weighted by Gasteiger charge is 2.04. The summed E-state index contributed by atoms with van der Waals surface area (Å²) in [6.45, 7) is 5.94. The van der Waals surface area contributed by atoms with Crippen molar-refractivity contribution in [2.45, 2.75) is 26.9 Å². The molecule has 0 fully saturated rings. The van der Waals surface area contributed by atoms with E-state index >= 15 is 0 Å². The summed E-state index contributed by atoms with van der Waals surface area (Å²) in [6.07, 6.45) is 0.171. The molecular weight excluding hydrogens is 172 g/mol. The third-order valence-electron chi connectivity index (χ3n) is 1.52. The molecule has 0 spiro atoms. The molecule has 12 heavy (non-hydrogen) atoms. The van der Waals surface area contributed by atoms with E-state index in [9.17, 15) is 0 Å². The normalized spacial score (nSPS) is 10.4.